The molecule has 1 N–H and O–H groups in total. The third kappa shape index (κ3) is 4.93. The summed E-state index contributed by atoms with van der Waals surface area (Å²) in [5.41, 5.74) is 2.78. The molecule has 0 aliphatic heterocycles. The third-order valence-corrected chi connectivity index (χ3v) is 4.84. The van der Waals surface area contributed by atoms with Gasteiger partial charge in [0.25, 0.3) is 0 Å². The SMILES string of the molecule is O=C(CCCc1nc(-c2ccc(Cl)cc2)no1)NCc1ccccc1-n1cccn1. The summed E-state index contributed by atoms with van der Waals surface area (Å²) in [4.78, 5) is 16.6. The van der Waals surface area contributed by atoms with Crippen molar-refractivity contribution in [3.05, 3.63) is 83.5 Å². The molecular weight excluding hydrogens is 402 g/mol. The largest absolute Gasteiger partial charge is 0.352 e. The molecule has 0 aliphatic rings. The lowest BCUT2D eigenvalue weighted by molar-refractivity contribution is -0.121. The summed E-state index contributed by atoms with van der Waals surface area (Å²) in [7, 11) is 0. The molecule has 2 aromatic heterocycles. The zero-order valence-corrected chi connectivity index (χ0v) is 16.9. The van der Waals surface area contributed by atoms with Crippen LogP contribution in [0.5, 0.6) is 0 Å². The van der Waals surface area contributed by atoms with Gasteiger partial charge in [-0.1, -0.05) is 35.0 Å². The van der Waals surface area contributed by atoms with Crippen molar-refractivity contribution < 1.29 is 9.32 Å². The second-order valence-corrected chi connectivity index (χ2v) is 7.16. The van der Waals surface area contributed by atoms with Crippen molar-refractivity contribution in [2.75, 3.05) is 0 Å². The van der Waals surface area contributed by atoms with Crippen LogP contribution in [-0.2, 0) is 17.8 Å². The number of para-hydroxylation sites is 1. The lowest BCUT2D eigenvalue weighted by Crippen LogP contribution is -2.23. The maximum atomic E-state index is 12.3. The Hall–Kier alpha value is -3.45. The second kappa shape index (κ2) is 9.37. The molecule has 8 heteroatoms. The third-order valence-electron chi connectivity index (χ3n) is 4.58. The Kier molecular flexibility index (Phi) is 6.20. The first kappa shape index (κ1) is 19.8. The van der Waals surface area contributed by atoms with E-state index in [2.05, 4.69) is 20.6 Å². The predicted octanol–water partition coefficient (Wildman–Crippen LogP) is 4.21. The molecule has 2 aromatic carbocycles. The summed E-state index contributed by atoms with van der Waals surface area (Å²) in [6, 6.07) is 17.0. The van der Waals surface area contributed by atoms with Gasteiger partial charge in [-0.3, -0.25) is 4.79 Å². The van der Waals surface area contributed by atoms with Crippen LogP contribution in [0.15, 0.2) is 71.5 Å². The molecule has 30 heavy (non-hydrogen) atoms. The van der Waals surface area contributed by atoms with E-state index in [4.69, 9.17) is 16.1 Å². The van der Waals surface area contributed by atoms with E-state index in [1.807, 2.05) is 48.7 Å². The van der Waals surface area contributed by atoms with Crippen LogP contribution in [0.25, 0.3) is 17.1 Å². The average Bonchev–Trinajstić information content (AvgIpc) is 3.46. The molecule has 0 saturated heterocycles. The molecule has 152 valence electrons. The highest BCUT2D eigenvalue weighted by Crippen LogP contribution is 2.19. The summed E-state index contributed by atoms with van der Waals surface area (Å²) in [5, 5.41) is 11.9. The van der Waals surface area contributed by atoms with Gasteiger partial charge in [0.05, 0.1) is 5.69 Å². The van der Waals surface area contributed by atoms with E-state index in [0.29, 0.717) is 42.5 Å². The second-order valence-electron chi connectivity index (χ2n) is 6.73. The lowest BCUT2D eigenvalue weighted by Gasteiger charge is -2.10. The first-order chi connectivity index (χ1) is 14.7. The van der Waals surface area contributed by atoms with E-state index in [-0.39, 0.29) is 5.91 Å². The highest BCUT2D eigenvalue weighted by Gasteiger charge is 2.10. The van der Waals surface area contributed by atoms with Crippen LogP contribution >= 0.6 is 11.6 Å². The number of rotatable bonds is 8. The van der Waals surface area contributed by atoms with Crippen LogP contribution in [0.4, 0.5) is 0 Å². The Morgan fingerprint density at radius 3 is 2.73 bits per heavy atom. The molecule has 0 radical (unpaired) electrons. The van der Waals surface area contributed by atoms with Gasteiger partial charge in [0.15, 0.2) is 0 Å². The summed E-state index contributed by atoms with van der Waals surface area (Å²) >= 11 is 5.90. The normalized spacial score (nSPS) is 10.8. The number of halogens is 1. The Labute approximate surface area is 178 Å². The lowest BCUT2D eigenvalue weighted by atomic mass is 10.1. The summed E-state index contributed by atoms with van der Waals surface area (Å²) < 4.78 is 7.07. The molecule has 0 atom stereocenters. The van der Waals surface area contributed by atoms with Gasteiger partial charge in [-0.05, 0) is 48.4 Å². The van der Waals surface area contributed by atoms with Gasteiger partial charge in [0, 0.05) is 42.4 Å². The minimum absolute atomic E-state index is 0.0253. The van der Waals surface area contributed by atoms with Crippen molar-refractivity contribution in [3.63, 3.8) is 0 Å². The number of carbonyl (C=O) groups excluding carboxylic acids is 1. The van der Waals surface area contributed by atoms with Crippen molar-refractivity contribution in [1.82, 2.24) is 25.2 Å². The zero-order valence-electron chi connectivity index (χ0n) is 16.2. The number of nitrogens with zero attached hydrogens (tertiary/aromatic N) is 4. The van der Waals surface area contributed by atoms with E-state index in [1.165, 1.54) is 0 Å². The molecule has 0 saturated carbocycles. The van der Waals surface area contributed by atoms with Crippen molar-refractivity contribution in [1.29, 1.82) is 0 Å². The monoisotopic (exact) mass is 421 g/mol. The number of nitrogens with one attached hydrogen (secondary N) is 1. The Morgan fingerprint density at radius 2 is 1.93 bits per heavy atom. The Bertz CT molecular complexity index is 1110. The van der Waals surface area contributed by atoms with E-state index in [0.717, 1.165) is 16.8 Å². The van der Waals surface area contributed by atoms with E-state index < -0.39 is 0 Å². The van der Waals surface area contributed by atoms with E-state index in [1.54, 1.807) is 23.0 Å². The van der Waals surface area contributed by atoms with Crippen molar-refractivity contribution >= 4 is 17.5 Å². The first-order valence-corrected chi connectivity index (χ1v) is 10.00. The van der Waals surface area contributed by atoms with Crippen LogP contribution in [0.3, 0.4) is 0 Å². The minimum atomic E-state index is -0.0253. The van der Waals surface area contributed by atoms with Crippen LogP contribution < -0.4 is 5.32 Å². The zero-order chi connectivity index (χ0) is 20.8. The number of aryl methyl sites for hydroxylation is 1. The van der Waals surface area contributed by atoms with E-state index in [9.17, 15) is 4.79 Å². The highest BCUT2D eigenvalue weighted by molar-refractivity contribution is 6.30. The van der Waals surface area contributed by atoms with Crippen LogP contribution in [0.1, 0.15) is 24.3 Å². The molecule has 0 spiro atoms. The van der Waals surface area contributed by atoms with Crippen molar-refractivity contribution in [2.24, 2.45) is 0 Å². The number of hydrogen-bond donors (Lipinski definition) is 1. The topological polar surface area (TPSA) is 85.8 Å². The van der Waals surface area contributed by atoms with E-state index >= 15 is 0 Å². The molecule has 1 amide bonds. The van der Waals surface area contributed by atoms with Crippen LogP contribution in [0, 0.1) is 0 Å². The molecule has 2 heterocycles. The maximum absolute atomic E-state index is 12.3. The first-order valence-electron chi connectivity index (χ1n) is 9.62. The van der Waals surface area contributed by atoms with Gasteiger partial charge in [-0.15, -0.1) is 0 Å². The molecule has 0 unspecified atom stereocenters. The van der Waals surface area contributed by atoms with Gasteiger partial charge in [0.2, 0.25) is 17.6 Å². The molecule has 0 fully saturated rings. The van der Waals surface area contributed by atoms with Gasteiger partial charge in [-0.2, -0.15) is 10.1 Å². The number of benzene rings is 2. The summed E-state index contributed by atoms with van der Waals surface area (Å²) in [6.45, 7) is 0.441. The molecule has 0 aliphatic carbocycles. The predicted molar refractivity (Wildman–Crippen MR) is 113 cm³/mol. The average molecular weight is 422 g/mol. The number of aromatic nitrogens is 4. The fourth-order valence-electron chi connectivity index (χ4n) is 3.05. The fourth-order valence-corrected chi connectivity index (χ4v) is 3.18. The Morgan fingerprint density at radius 1 is 1.10 bits per heavy atom. The summed E-state index contributed by atoms with van der Waals surface area (Å²) in [6.07, 6.45) is 5.14. The summed E-state index contributed by atoms with van der Waals surface area (Å²) in [5.74, 6) is 1.00. The molecular formula is C22H20ClN5O2. The molecule has 0 bridgehead atoms. The molecule has 7 nitrogen and oxygen atoms in total. The van der Waals surface area contributed by atoms with Gasteiger partial charge in [0.1, 0.15) is 0 Å². The van der Waals surface area contributed by atoms with Crippen LogP contribution in [-0.4, -0.2) is 25.8 Å². The standard InChI is InChI=1S/C22H20ClN5O2/c23-18-11-9-16(10-12-18)22-26-21(30-27-22)8-3-7-20(29)24-15-17-5-1-2-6-19(17)28-14-4-13-25-28/h1-2,4-6,9-14H,3,7-8,15H2,(H,24,29). The van der Waals surface area contributed by atoms with Gasteiger partial charge in [-0.25, -0.2) is 4.68 Å². The quantitative estimate of drug-likeness (QED) is 0.460. The van der Waals surface area contributed by atoms with Gasteiger partial charge < -0.3 is 9.84 Å². The maximum Gasteiger partial charge on any atom is 0.226 e. The van der Waals surface area contributed by atoms with Crippen LogP contribution in [0.2, 0.25) is 5.02 Å². The van der Waals surface area contributed by atoms with Crippen molar-refractivity contribution in [3.8, 4) is 17.1 Å². The number of hydrogen-bond acceptors (Lipinski definition) is 5. The molecule has 4 aromatic rings. The number of carbonyl (C=O) groups is 1. The van der Waals surface area contributed by atoms with Gasteiger partial charge >= 0.3 is 0 Å². The Balaban J connectivity index is 1.26. The molecule has 4 rings (SSSR count). The van der Waals surface area contributed by atoms with Crippen molar-refractivity contribution in [2.45, 2.75) is 25.8 Å². The fraction of sp³-hybridized carbons (Fsp3) is 0.182. The smallest absolute Gasteiger partial charge is 0.226 e. The minimum Gasteiger partial charge on any atom is -0.352 e. The number of amides is 1. The highest BCUT2D eigenvalue weighted by atomic mass is 35.5.